The Morgan fingerprint density at radius 1 is 1.50 bits per heavy atom. The average Bonchev–Trinajstić information content (AvgIpc) is 2.13. The smallest absolute Gasteiger partial charge is 0.0556 e. The molecule has 0 aromatic carbocycles. The van der Waals surface area contributed by atoms with E-state index in [1.54, 1.807) is 0 Å². The molecule has 1 aliphatic rings. The summed E-state index contributed by atoms with van der Waals surface area (Å²) in [6.07, 6.45) is 1.34. The van der Waals surface area contributed by atoms with E-state index in [-0.39, 0.29) is 18.6 Å². The predicted octanol–water partition coefficient (Wildman–Crippen LogP) is -0.661. The number of rotatable bonds is 1. The van der Waals surface area contributed by atoms with E-state index in [1.165, 1.54) is 0 Å². The summed E-state index contributed by atoms with van der Waals surface area (Å²) in [6.45, 7) is 1.90. The maximum absolute atomic E-state index is 9.24. The Balaban J connectivity index is 2.30. The van der Waals surface area contributed by atoms with E-state index in [1.807, 2.05) is 0 Å². The van der Waals surface area contributed by atoms with Crippen LogP contribution in [0.4, 0.5) is 0 Å². The van der Waals surface area contributed by atoms with Crippen LogP contribution in [0.2, 0.25) is 0 Å². The molecule has 1 fully saturated rings. The third-order valence-electron chi connectivity index (χ3n) is 1.95. The van der Waals surface area contributed by atoms with Gasteiger partial charge in [-0.2, -0.15) is 0 Å². The van der Waals surface area contributed by atoms with Crippen LogP contribution in [0.25, 0.3) is 0 Å². The summed E-state index contributed by atoms with van der Waals surface area (Å²) < 4.78 is 0. The Labute approximate surface area is 61.1 Å². The average molecular weight is 145 g/mol. The van der Waals surface area contributed by atoms with Gasteiger partial charge in [0.05, 0.1) is 6.10 Å². The van der Waals surface area contributed by atoms with Crippen molar-refractivity contribution in [3.8, 4) is 0 Å². The molecule has 1 heterocycles. The Bertz CT molecular complexity index is 97.6. The highest BCUT2D eigenvalue weighted by atomic mass is 16.3. The molecule has 2 atom stereocenters. The van der Waals surface area contributed by atoms with Crippen LogP contribution in [0.15, 0.2) is 0 Å². The lowest BCUT2D eigenvalue weighted by Gasteiger charge is -2.11. The van der Waals surface area contributed by atoms with E-state index >= 15 is 0 Å². The van der Waals surface area contributed by atoms with Crippen LogP contribution >= 0.6 is 0 Å². The van der Waals surface area contributed by atoms with Crippen molar-refractivity contribution in [1.29, 1.82) is 0 Å². The Hall–Kier alpha value is -0.120. The maximum atomic E-state index is 9.24. The molecule has 2 unspecified atom stereocenters. The second-order valence-corrected chi connectivity index (χ2v) is 2.93. The van der Waals surface area contributed by atoms with Gasteiger partial charge in [0.25, 0.3) is 0 Å². The first-order valence-corrected chi connectivity index (χ1v) is 3.82. The van der Waals surface area contributed by atoms with Gasteiger partial charge in [-0.1, -0.05) is 0 Å². The molecule has 0 bridgehead atoms. The Kier molecular flexibility index (Phi) is 3.12. The highest BCUT2D eigenvalue weighted by Gasteiger charge is 2.16. The van der Waals surface area contributed by atoms with Gasteiger partial charge in [-0.25, -0.2) is 0 Å². The second-order valence-electron chi connectivity index (χ2n) is 2.93. The molecule has 0 radical (unpaired) electrons. The predicted molar refractivity (Wildman–Crippen MR) is 38.7 cm³/mol. The second kappa shape index (κ2) is 3.91. The van der Waals surface area contributed by atoms with Gasteiger partial charge in [-0.15, -0.1) is 0 Å². The molecule has 3 heteroatoms. The summed E-state index contributed by atoms with van der Waals surface area (Å²) >= 11 is 0. The zero-order chi connectivity index (χ0) is 7.40. The van der Waals surface area contributed by atoms with Crippen molar-refractivity contribution >= 4 is 0 Å². The fraction of sp³-hybridized carbons (Fsp3) is 1.00. The normalized spacial score (nSPS) is 35.4. The zero-order valence-electron chi connectivity index (χ0n) is 6.08. The van der Waals surface area contributed by atoms with Gasteiger partial charge in [0.1, 0.15) is 0 Å². The molecule has 0 spiro atoms. The number of hydrogen-bond acceptors (Lipinski definition) is 3. The van der Waals surface area contributed by atoms with E-state index < -0.39 is 0 Å². The largest absolute Gasteiger partial charge is 0.396 e. The fourth-order valence-electron chi connectivity index (χ4n) is 1.30. The van der Waals surface area contributed by atoms with Crippen LogP contribution in [-0.4, -0.2) is 36.0 Å². The minimum Gasteiger partial charge on any atom is -0.396 e. The summed E-state index contributed by atoms with van der Waals surface area (Å²) in [7, 11) is 0. The van der Waals surface area contributed by atoms with Gasteiger partial charge in [-0.05, 0) is 25.3 Å². The first-order valence-electron chi connectivity index (χ1n) is 3.82. The van der Waals surface area contributed by atoms with Crippen molar-refractivity contribution in [3.63, 3.8) is 0 Å². The van der Waals surface area contributed by atoms with E-state index in [9.17, 15) is 5.11 Å². The fourth-order valence-corrected chi connectivity index (χ4v) is 1.30. The van der Waals surface area contributed by atoms with Crippen molar-refractivity contribution in [2.45, 2.75) is 18.9 Å². The lowest BCUT2D eigenvalue weighted by Crippen LogP contribution is -2.22. The van der Waals surface area contributed by atoms with Gasteiger partial charge < -0.3 is 15.5 Å². The zero-order valence-corrected chi connectivity index (χ0v) is 6.08. The molecule has 0 saturated carbocycles. The molecule has 0 aromatic heterocycles. The molecule has 1 aliphatic heterocycles. The highest BCUT2D eigenvalue weighted by molar-refractivity contribution is 4.71. The Morgan fingerprint density at radius 2 is 2.30 bits per heavy atom. The quantitative estimate of drug-likeness (QED) is 0.459. The summed E-state index contributed by atoms with van der Waals surface area (Å²) in [5.74, 6) is 0.248. The van der Waals surface area contributed by atoms with Crippen LogP contribution in [0.5, 0.6) is 0 Å². The van der Waals surface area contributed by atoms with Gasteiger partial charge in [0.15, 0.2) is 0 Å². The molecule has 0 aliphatic carbocycles. The standard InChI is InChI=1S/C7H15NO2/c9-5-6-3-7(10)1-2-8-4-6/h6-10H,1-5H2. The van der Waals surface area contributed by atoms with Crippen LogP contribution in [0.3, 0.4) is 0 Å². The van der Waals surface area contributed by atoms with E-state index in [2.05, 4.69) is 5.32 Å². The molecule has 0 aromatic rings. The van der Waals surface area contributed by atoms with Crippen LogP contribution in [0.1, 0.15) is 12.8 Å². The molecule has 0 amide bonds. The van der Waals surface area contributed by atoms with E-state index in [4.69, 9.17) is 5.11 Å². The van der Waals surface area contributed by atoms with Crippen molar-refractivity contribution in [2.75, 3.05) is 19.7 Å². The molecule has 60 valence electrons. The minimum atomic E-state index is -0.216. The van der Waals surface area contributed by atoms with Crippen LogP contribution < -0.4 is 5.32 Å². The Morgan fingerprint density at radius 3 is 3.00 bits per heavy atom. The first-order chi connectivity index (χ1) is 4.83. The number of nitrogens with one attached hydrogen (secondary N) is 1. The van der Waals surface area contributed by atoms with Gasteiger partial charge in [0, 0.05) is 13.2 Å². The number of aliphatic hydroxyl groups excluding tert-OH is 2. The molecule has 3 nitrogen and oxygen atoms in total. The summed E-state index contributed by atoms with van der Waals surface area (Å²) in [6, 6.07) is 0. The summed E-state index contributed by atoms with van der Waals surface area (Å²) in [5, 5.41) is 21.2. The lowest BCUT2D eigenvalue weighted by atomic mass is 10.0. The third-order valence-corrected chi connectivity index (χ3v) is 1.95. The third kappa shape index (κ3) is 2.25. The summed E-state index contributed by atoms with van der Waals surface area (Å²) in [5.41, 5.74) is 0. The topological polar surface area (TPSA) is 52.5 Å². The molecular formula is C7H15NO2. The SMILES string of the molecule is OCC1CNCCC(O)C1. The van der Waals surface area contributed by atoms with Crippen LogP contribution in [-0.2, 0) is 0 Å². The van der Waals surface area contributed by atoms with Crippen molar-refractivity contribution in [1.82, 2.24) is 5.32 Å². The van der Waals surface area contributed by atoms with Gasteiger partial charge in [-0.3, -0.25) is 0 Å². The molecule has 1 saturated heterocycles. The molecule has 1 rings (SSSR count). The van der Waals surface area contributed by atoms with Gasteiger partial charge in [0.2, 0.25) is 0 Å². The van der Waals surface area contributed by atoms with E-state index in [0.29, 0.717) is 0 Å². The number of aliphatic hydroxyl groups is 2. The lowest BCUT2D eigenvalue weighted by molar-refractivity contribution is 0.123. The van der Waals surface area contributed by atoms with Gasteiger partial charge >= 0.3 is 0 Å². The van der Waals surface area contributed by atoms with Crippen molar-refractivity contribution < 1.29 is 10.2 Å². The van der Waals surface area contributed by atoms with Crippen LogP contribution in [0, 0.1) is 5.92 Å². The minimum absolute atomic E-state index is 0.185. The summed E-state index contributed by atoms with van der Waals surface area (Å²) in [4.78, 5) is 0. The highest BCUT2D eigenvalue weighted by Crippen LogP contribution is 2.10. The van der Waals surface area contributed by atoms with Crippen molar-refractivity contribution in [2.24, 2.45) is 5.92 Å². The monoisotopic (exact) mass is 145 g/mol. The molecule has 3 N–H and O–H groups in total. The maximum Gasteiger partial charge on any atom is 0.0556 e. The molecular weight excluding hydrogens is 130 g/mol. The van der Waals surface area contributed by atoms with E-state index in [0.717, 1.165) is 25.9 Å². The molecule has 10 heavy (non-hydrogen) atoms. The van der Waals surface area contributed by atoms with Crippen molar-refractivity contribution in [3.05, 3.63) is 0 Å². The number of hydrogen-bond donors (Lipinski definition) is 3. The first kappa shape index (κ1) is 7.98.